The highest BCUT2D eigenvalue weighted by Crippen LogP contribution is 2.23. The lowest BCUT2D eigenvalue weighted by atomic mass is 10.1. The molecule has 18 heavy (non-hydrogen) atoms. The van der Waals surface area contributed by atoms with Gasteiger partial charge in [0.25, 0.3) is 0 Å². The summed E-state index contributed by atoms with van der Waals surface area (Å²) in [5.74, 6) is 0. The molecule has 0 saturated carbocycles. The van der Waals surface area contributed by atoms with Crippen molar-refractivity contribution in [2.45, 2.75) is 12.5 Å². The highest BCUT2D eigenvalue weighted by molar-refractivity contribution is 7.17. The molecule has 1 atom stereocenters. The number of nitrogens with zero attached hydrogens (tertiary/aromatic N) is 4. The Morgan fingerprint density at radius 1 is 1.50 bits per heavy atom. The van der Waals surface area contributed by atoms with Crippen LogP contribution in [0.2, 0.25) is 0 Å². The average molecular weight is 259 g/mol. The quantitative estimate of drug-likeness (QED) is 0.776. The molecule has 5 nitrogen and oxygen atoms in total. The molecule has 0 aliphatic rings. The fraction of sp³-hybridized carbons (Fsp3) is 0.250. The molecule has 6 heteroatoms. The first kappa shape index (κ1) is 11.3. The minimum atomic E-state index is -0.0966. The molecular formula is C12H13N5S. The van der Waals surface area contributed by atoms with Crippen LogP contribution in [0.25, 0.3) is 10.2 Å². The van der Waals surface area contributed by atoms with Crippen LogP contribution in [-0.2, 0) is 13.5 Å². The summed E-state index contributed by atoms with van der Waals surface area (Å²) in [4.78, 5) is 4.40. The largest absolute Gasteiger partial charge is 0.324 e. The lowest BCUT2D eigenvalue weighted by molar-refractivity contribution is 0.693. The molecular weight excluding hydrogens is 246 g/mol. The van der Waals surface area contributed by atoms with Crippen LogP contribution in [0.1, 0.15) is 17.3 Å². The summed E-state index contributed by atoms with van der Waals surface area (Å²) in [5, 5.41) is 9.99. The number of aryl methyl sites for hydroxylation is 1. The Labute approximate surface area is 108 Å². The number of hydrogen-bond donors (Lipinski definition) is 1. The molecule has 2 N–H and O–H groups in total. The fourth-order valence-electron chi connectivity index (χ4n) is 1.90. The van der Waals surface area contributed by atoms with Gasteiger partial charge in [0.15, 0.2) is 0 Å². The Bertz CT molecular complexity index is 672. The van der Waals surface area contributed by atoms with E-state index in [-0.39, 0.29) is 6.04 Å². The van der Waals surface area contributed by atoms with E-state index in [4.69, 9.17) is 5.73 Å². The normalized spacial score (nSPS) is 13.0. The van der Waals surface area contributed by atoms with Crippen LogP contribution < -0.4 is 5.73 Å². The maximum Gasteiger partial charge on any atom is 0.0845 e. The Hall–Kier alpha value is -1.79. The van der Waals surface area contributed by atoms with Gasteiger partial charge in [-0.3, -0.25) is 9.67 Å². The van der Waals surface area contributed by atoms with Crippen LogP contribution >= 0.6 is 11.3 Å². The number of hydrogen-bond acceptors (Lipinski definition) is 5. The van der Waals surface area contributed by atoms with Crippen molar-refractivity contribution in [3.05, 3.63) is 41.2 Å². The van der Waals surface area contributed by atoms with Gasteiger partial charge in [-0.1, -0.05) is 5.21 Å². The molecule has 3 rings (SSSR count). The zero-order chi connectivity index (χ0) is 12.5. The summed E-state index contributed by atoms with van der Waals surface area (Å²) in [5.41, 5.74) is 9.14. The molecule has 0 radical (unpaired) electrons. The summed E-state index contributed by atoms with van der Waals surface area (Å²) in [7, 11) is 1.85. The lowest BCUT2D eigenvalue weighted by Gasteiger charge is -2.09. The summed E-state index contributed by atoms with van der Waals surface area (Å²) < 4.78 is 2.85. The van der Waals surface area contributed by atoms with Crippen LogP contribution in [0.3, 0.4) is 0 Å². The van der Waals surface area contributed by atoms with Crippen LogP contribution in [0.5, 0.6) is 0 Å². The number of nitrogens with two attached hydrogens (primary N) is 1. The third-order valence-corrected chi connectivity index (χ3v) is 3.68. The minimum absolute atomic E-state index is 0.0966. The second-order valence-electron chi connectivity index (χ2n) is 4.27. The molecule has 0 saturated heterocycles. The molecule has 0 aliphatic carbocycles. The molecule has 0 bridgehead atoms. The average Bonchev–Trinajstić information content (AvgIpc) is 2.96. The van der Waals surface area contributed by atoms with Gasteiger partial charge in [-0.25, -0.2) is 0 Å². The third-order valence-electron chi connectivity index (χ3n) is 2.83. The molecule has 3 aromatic rings. The second-order valence-corrected chi connectivity index (χ2v) is 5.21. The maximum atomic E-state index is 6.18. The fourth-order valence-corrected chi connectivity index (χ4v) is 2.69. The predicted octanol–water partition coefficient (Wildman–Crippen LogP) is 1.67. The van der Waals surface area contributed by atoms with Gasteiger partial charge in [-0.15, -0.1) is 16.4 Å². The minimum Gasteiger partial charge on any atom is -0.324 e. The summed E-state index contributed by atoms with van der Waals surface area (Å²) >= 11 is 1.68. The summed E-state index contributed by atoms with van der Waals surface area (Å²) in [6, 6.07) is 4.02. The molecule has 0 aliphatic heterocycles. The SMILES string of the molecule is Cn1cc(CC(N)c2cnc3ccsc3c2)nn1. The molecule has 3 aromatic heterocycles. The van der Waals surface area contributed by atoms with Crippen molar-refractivity contribution in [1.82, 2.24) is 20.0 Å². The van der Waals surface area contributed by atoms with Crippen LogP contribution in [0, 0.1) is 0 Å². The van der Waals surface area contributed by atoms with Crippen molar-refractivity contribution in [3.63, 3.8) is 0 Å². The lowest BCUT2D eigenvalue weighted by Crippen LogP contribution is -2.13. The van der Waals surface area contributed by atoms with Crippen LogP contribution in [0.4, 0.5) is 0 Å². The van der Waals surface area contributed by atoms with Gasteiger partial charge >= 0.3 is 0 Å². The molecule has 92 valence electrons. The molecule has 0 aromatic carbocycles. The zero-order valence-corrected chi connectivity index (χ0v) is 10.8. The zero-order valence-electron chi connectivity index (χ0n) is 9.95. The van der Waals surface area contributed by atoms with Crippen molar-refractivity contribution < 1.29 is 0 Å². The second kappa shape index (κ2) is 4.47. The predicted molar refractivity (Wildman–Crippen MR) is 71.3 cm³/mol. The smallest absolute Gasteiger partial charge is 0.0845 e. The van der Waals surface area contributed by atoms with E-state index in [9.17, 15) is 0 Å². The van der Waals surface area contributed by atoms with Crippen molar-refractivity contribution in [3.8, 4) is 0 Å². The molecule has 0 spiro atoms. The maximum absolute atomic E-state index is 6.18. The Balaban J connectivity index is 1.84. The summed E-state index contributed by atoms with van der Waals surface area (Å²) in [6.07, 6.45) is 4.40. The van der Waals surface area contributed by atoms with Crippen LogP contribution in [0.15, 0.2) is 29.9 Å². The van der Waals surface area contributed by atoms with Gasteiger partial charge in [0, 0.05) is 31.9 Å². The monoisotopic (exact) mass is 259 g/mol. The van der Waals surface area contributed by atoms with E-state index in [2.05, 4.69) is 21.4 Å². The Kier molecular flexibility index (Phi) is 2.81. The highest BCUT2D eigenvalue weighted by Gasteiger charge is 2.11. The molecule has 0 amide bonds. The Morgan fingerprint density at radius 3 is 3.17 bits per heavy atom. The number of pyridine rings is 1. The highest BCUT2D eigenvalue weighted by atomic mass is 32.1. The molecule has 1 unspecified atom stereocenters. The third kappa shape index (κ3) is 2.12. The van der Waals surface area contributed by atoms with Gasteiger partial charge in [0.1, 0.15) is 0 Å². The number of thiophene rings is 1. The van der Waals surface area contributed by atoms with Gasteiger partial charge in [-0.2, -0.15) is 0 Å². The van der Waals surface area contributed by atoms with Crippen molar-refractivity contribution >= 4 is 21.6 Å². The van der Waals surface area contributed by atoms with E-state index < -0.39 is 0 Å². The van der Waals surface area contributed by atoms with E-state index >= 15 is 0 Å². The first-order valence-corrected chi connectivity index (χ1v) is 6.54. The molecule has 0 fully saturated rings. The first-order valence-electron chi connectivity index (χ1n) is 5.66. The van der Waals surface area contributed by atoms with Gasteiger partial charge in [0.05, 0.1) is 15.9 Å². The van der Waals surface area contributed by atoms with Gasteiger partial charge in [-0.05, 0) is 23.1 Å². The van der Waals surface area contributed by atoms with Gasteiger partial charge < -0.3 is 5.73 Å². The van der Waals surface area contributed by atoms with Crippen molar-refractivity contribution in [2.75, 3.05) is 0 Å². The standard InChI is InChI=1S/C12H13N5S/c1-17-7-9(15-16-17)5-10(13)8-4-12-11(14-6-8)2-3-18-12/h2-4,6-7,10H,5,13H2,1H3. The Morgan fingerprint density at radius 2 is 2.39 bits per heavy atom. The van der Waals surface area contributed by atoms with Crippen molar-refractivity contribution in [1.29, 1.82) is 0 Å². The van der Waals surface area contributed by atoms with E-state index in [1.54, 1.807) is 16.0 Å². The first-order chi connectivity index (χ1) is 8.72. The van der Waals surface area contributed by atoms with E-state index in [1.165, 1.54) is 4.70 Å². The summed E-state index contributed by atoms with van der Waals surface area (Å²) in [6.45, 7) is 0. The van der Waals surface area contributed by atoms with E-state index in [1.807, 2.05) is 30.9 Å². The van der Waals surface area contributed by atoms with Gasteiger partial charge in [0.2, 0.25) is 0 Å². The van der Waals surface area contributed by atoms with Crippen LogP contribution in [-0.4, -0.2) is 20.0 Å². The van der Waals surface area contributed by atoms with E-state index in [0.717, 1.165) is 16.8 Å². The number of aromatic nitrogens is 4. The topological polar surface area (TPSA) is 69.6 Å². The number of fused-ring (bicyclic) bond motifs is 1. The number of rotatable bonds is 3. The van der Waals surface area contributed by atoms with E-state index in [0.29, 0.717) is 6.42 Å². The molecule has 3 heterocycles. The van der Waals surface area contributed by atoms with Crippen molar-refractivity contribution in [2.24, 2.45) is 12.8 Å².